The van der Waals surface area contributed by atoms with Crippen LogP contribution in [0.25, 0.3) is 0 Å². The normalized spacial score (nSPS) is 10.7. The first-order valence-corrected chi connectivity index (χ1v) is 10.0. The number of thioether (sulfide) groups is 1. The fourth-order valence-electron chi connectivity index (χ4n) is 2.68. The molecule has 0 aliphatic carbocycles. The van der Waals surface area contributed by atoms with Gasteiger partial charge in [0.25, 0.3) is 0 Å². The van der Waals surface area contributed by atoms with Crippen LogP contribution in [0.1, 0.15) is 16.8 Å². The zero-order valence-corrected chi connectivity index (χ0v) is 17.4. The van der Waals surface area contributed by atoms with E-state index in [-0.39, 0.29) is 23.6 Å². The molecule has 0 saturated carbocycles. The lowest BCUT2D eigenvalue weighted by atomic mass is 10.1. The Morgan fingerprint density at radius 2 is 2.03 bits per heavy atom. The minimum absolute atomic E-state index is 0.0806. The second kappa shape index (κ2) is 9.42. The highest BCUT2D eigenvalue weighted by Crippen LogP contribution is 2.20. The first-order chi connectivity index (χ1) is 14.0. The van der Waals surface area contributed by atoms with Gasteiger partial charge in [-0.3, -0.25) is 9.59 Å². The number of nitrogens with one attached hydrogen (secondary N) is 1. The average Bonchev–Trinajstić information content (AvgIpc) is 3.12. The van der Waals surface area contributed by atoms with Gasteiger partial charge < -0.3 is 19.2 Å². The van der Waals surface area contributed by atoms with Crippen LogP contribution in [0, 0.1) is 6.92 Å². The average molecular weight is 414 g/mol. The molecule has 152 valence electrons. The molecule has 0 bridgehead atoms. The summed E-state index contributed by atoms with van der Waals surface area (Å²) < 4.78 is 8.66. The monoisotopic (exact) mass is 413 g/mol. The Morgan fingerprint density at radius 3 is 2.69 bits per heavy atom. The molecule has 0 atom stereocenters. The predicted molar refractivity (Wildman–Crippen MR) is 111 cm³/mol. The number of rotatable bonds is 8. The van der Waals surface area contributed by atoms with Crippen LogP contribution in [0.2, 0.25) is 0 Å². The van der Waals surface area contributed by atoms with E-state index in [1.54, 1.807) is 21.7 Å². The maximum absolute atomic E-state index is 12.5. The van der Waals surface area contributed by atoms with Crippen LogP contribution in [-0.2, 0) is 30.7 Å². The number of aromatic nitrogens is 4. The first kappa shape index (κ1) is 20.7. The molecule has 0 saturated heterocycles. The molecule has 0 unspecified atom stereocenters. The SMILES string of the molecule is COc1cn(CC(=O)NCc2ccc(C)cc2)c(CSc2nncn2C)cc1=O. The number of hydrogen-bond acceptors (Lipinski definition) is 6. The fraction of sp³-hybridized carbons (Fsp3) is 0.300. The van der Waals surface area contributed by atoms with E-state index in [0.29, 0.717) is 18.0 Å². The lowest BCUT2D eigenvalue weighted by Gasteiger charge is -2.15. The number of nitrogens with zero attached hydrogens (tertiary/aromatic N) is 4. The summed E-state index contributed by atoms with van der Waals surface area (Å²) in [5.41, 5.74) is 2.68. The predicted octanol–water partition coefficient (Wildman–Crippen LogP) is 1.90. The summed E-state index contributed by atoms with van der Waals surface area (Å²) in [6.07, 6.45) is 3.18. The molecular formula is C20H23N5O3S. The van der Waals surface area contributed by atoms with Gasteiger partial charge in [-0.1, -0.05) is 41.6 Å². The van der Waals surface area contributed by atoms with Crippen LogP contribution >= 0.6 is 11.8 Å². The Hall–Kier alpha value is -3.07. The maximum atomic E-state index is 12.5. The summed E-state index contributed by atoms with van der Waals surface area (Å²) in [6.45, 7) is 2.54. The smallest absolute Gasteiger partial charge is 0.240 e. The highest BCUT2D eigenvalue weighted by atomic mass is 32.2. The lowest BCUT2D eigenvalue weighted by molar-refractivity contribution is -0.121. The lowest BCUT2D eigenvalue weighted by Crippen LogP contribution is -2.28. The maximum Gasteiger partial charge on any atom is 0.240 e. The minimum atomic E-state index is -0.225. The summed E-state index contributed by atoms with van der Waals surface area (Å²) in [6, 6.07) is 9.49. The first-order valence-electron chi connectivity index (χ1n) is 9.02. The minimum Gasteiger partial charge on any atom is -0.491 e. The molecular weight excluding hydrogens is 390 g/mol. The number of hydrogen-bond donors (Lipinski definition) is 1. The van der Waals surface area contributed by atoms with Crippen LogP contribution in [0.4, 0.5) is 0 Å². The van der Waals surface area contributed by atoms with Crippen molar-refractivity contribution in [3.8, 4) is 5.75 Å². The second-order valence-electron chi connectivity index (χ2n) is 6.60. The molecule has 29 heavy (non-hydrogen) atoms. The van der Waals surface area contributed by atoms with Crippen molar-refractivity contribution >= 4 is 17.7 Å². The third-order valence-electron chi connectivity index (χ3n) is 4.35. The molecule has 0 aliphatic heterocycles. The molecule has 2 aromatic heterocycles. The van der Waals surface area contributed by atoms with E-state index >= 15 is 0 Å². The molecule has 0 aliphatic rings. The van der Waals surface area contributed by atoms with Crippen LogP contribution in [0.5, 0.6) is 5.75 Å². The summed E-state index contributed by atoms with van der Waals surface area (Å²) in [4.78, 5) is 24.7. The summed E-state index contributed by atoms with van der Waals surface area (Å²) in [5, 5.41) is 11.5. The number of carbonyl (C=O) groups excluding carboxylic acids is 1. The zero-order valence-electron chi connectivity index (χ0n) is 16.6. The third kappa shape index (κ3) is 5.47. The zero-order chi connectivity index (χ0) is 20.8. The molecule has 3 aromatic rings. The van der Waals surface area contributed by atoms with Gasteiger partial charge in [-0.05, 0) is 12.5 Å². The van der Waals surface area contributed by atoms with E-state index in [1.807, 2.05) is 38.2 Å². The van der Waals surface area contributed by atoms with E-state index in [1.165, 1.54) is 30.5 Å². The largest absolute Gasteiger partial charge is 0.491 e. The molecule has 3 rings (SSSR count). The molecule has 9 heteroatoms. The fourth-order valence-corrected chi connectivity index (χ4v) is 3.56. The van der Waals surface area contributed by atoms with Gasteiger partial charge in [-0.15, -0.1) is 10.2 Å². The second-order valence-corrected chi connectivity index (χ2v) is 7.54. The van der Waals surface area contributed by atoms with Crippen LogP contribution < -0.4 is 15.5 Å². The van der Waals surface area contributed by atoms with Crippen LogP contribution in [0.15, 0.2) is 52.8 Å². The number of methoxy groups -OCH3 is 1. The van der Waals surface area contributed by atoms with Gasteiger partial charge in [-0.25, -0.2) is 0 Å². The van der Waals surface area contributed by atoms with Gasteiger partial charge >= 0.3 is 0 Å². The summed E-state index contributed by atoms with van der Waals surface area (Å²) in [5.74, 6) is 0.515. The number of aryl methyl sites for hydroxylation is 2. The van der Waals surface area contributed by atoms with Gasteiger partial charge in [0, 0.05) is 31.1 Å². The number of amides is 1. The van der Waals surface area contributed by atoms with Crippen molar-refractivity contribution < 1.29 is 9.53 Å². The van der Waals surface area contributed by atoms with Gasteiger partial charge in [0.2, 0.25) is 11.3 Å². The number of carbonyl (C=O) groups is 1. The van der Waals surface area contributed by atoms with E-state index in [0.717, 1.165) is 10.7 Å². The van der Waals surface area contributed by atoms with Gasteiger partial charge in [0.1, 0.15) is 12.9 Å². The molecule has 1 N–H and O–H groups in total. The number of pyridine rings is 1. The molecule has 0 spiro atoms. The number of ether oxygens (including phenoxy) is 1. The summed E-state index contributed by atoms with van der Waals surface area (Å²) >= 11 is 1.44. The van der Waals surface area contributed by atoms with Crippen molar-refractivity contribution in [2.75, 3.05) is 7.11 Å². The quantitative estimate of drug-likeness (QED) is 0.567. The van der Waals surface area contributed by atoms with Crippen molar-refractivity contribution in [3.05, 3.63) is 69.9 Å². The van der Waals surface area contributed by atoms with Crippen molar-refractivity contribution in [3.63, 3.8) is 0 Å². The van der Waals surface area contributed by atoms with E-state index in [9.17, 15) is 9.59 Å². The Morgan fingerprint density at radius 1 is 1.28 bits per heavy atom. The van der Waals surface area contributed by atoms with Crippen LogP contribution in [0.3, 0.4) is 0 Å². The van der Waals surface area contributed by atoms with Crippen molar-refractivity contribution in [2.45, 2.75) is 30.9 Å². The molecule has 1 aromatic carbocycles. The van der Waals surface area contributed by atoms with Crippen molar-refractivity contribution in [1.82, 2.24) is 24.6 Å². The van der Waals surface area contributed by atoms with Gasteiger partial charge in [0.05, 0.1) is 13.3 Å². The molecule has 2 heterocycles. The standard InChI is InChI=1S/C20H23N5O3S/c1-14-4-6-15(7-5-14)9-21-19(27)11-25-10-18(28-3)17(26)8-16(25)12-29-20-23-22-13-24(20)2/h4-8,10,13H,9,11-12H2,1-3H3,(H,21,27). The Kier molecular flexibility index (Phi) is 6.71. The summed E-state index contributed by atoms with van der Waals surface area (Å²) in [7, 11) is 3.29. The van der Waals surface area contributed by atoms with Crippen LogP contribution in [-0.4, -0.2) is 32.3 Å². The molecule has 8 nitrogen and oxygen atoms in total. The Labute approximate surface area is 172 Å². The highest BCUT2D eigenvalue weighted by molar-refractivity contribution is 7.98. The van der Waals surface area contributed by atoms with E-state index < -0.39 is 0 Å². The van der Waals surface area contributed by atoms with Gasteiger partial charge in [-0.2, -0.15) is 0 Å². The third-order valence-corrected chi connectivity index (χ3v) is 5.41. The topological polar surface area (TPSA) is 91.0 Å². The van der Waals surface area contributed by atoms with Crippen molar-refractivity contribution in [1.29, 1.82) is 0 Å². The van der Waals surface area contributed by atoms with E-state index in [4.69, 9.17) is 4.74 Å². The highest BCUT2D eigenvalue weighted by Gasteiger charge is 2.12. The molecule has 1 amide bonds. The Balaban J connectivity index is 1.71. The van der Waals surface area contributed by atoms with Crippen molar-refractivity contribution in [2.24, 2.45) is 7.05 Å². The van der Waals surface area contributed by atoms with Gasteiger partial charge in [0.15, 0.2) is 10.9 Å². The van der Waals surface area contributed by atoms with E-state index in [2.05, 4.69) is 15.5 Å². The Bertz CT molecular complexity index is 1040. The number of benzene rings is 1. The molecule has 0 radical (unpaired) electrons. The molecule has 0 fully saturated rings.